The highest BCUT2D eigenvalue weighted by Gasteiger charge is 1.96. The Morgan fingerprint density at radius 1 is 1.25 bits per heavy atom. The Balaban J connectivity index is 2.83. The van der Waals surface area contributed by atoms with Crippen LogP contribution in [0.15, 0.2) is 55.1 Å². The molecule has 0 saturated carbocycles. The Kier molecular flexibility index (Phi) is 5.35. The van der Waals surface area contributed by atoms with Crippen LogP contribution in [0.1, 0.15) is 31.4 Å². The van der Waals surface area contributed by atoms with Gasteiger partial charge in [-0.25, -0.2) is 0 Å². The standard InChI is InChI=1S/C16H20/c1-4-7-8-9-15(6-3)16-12-10-14(5-2)11-13-16/h4,6,8-13H,1,5,7H2,2-3H3/b9-8-,15-6+. The molecule has 0 aromatic heterocycles. The lowest BCUT2D eigenvalue weighted by Gasteiger charge is -2.03. The van der Waals surface area contributed by atoms with Crippen molar-refractivity contribution in [1.29, 1.82) is 0 Å². The smallest absolute Gasteiger partial charge is 0.0169 e. The van der Waals surface area contributed by atoms with Gasteiger partial charge in [-0.3, -0.25) is 0 Å². The molecule has 0 aliphatic heterocycles. The van der Waals surface area contributed by atoms with Crippen LogP contribution in [0.25, 0.3) is 5.57 Å². The van der Waals surface area contributed by atoms with E-state index < -0.39 is 0 Å². The van der Waals surface area contributed by atoms with E-state index in [4.69, 9.17) is 0 Å². The highest BCUT2D eigenvalue weighted by Crippen LogP contribution is 2.17. The molecule has 16 heavy (non-hydrogen) atoms. The van der Waals surface area contributed by atoms with Crippen molar-refractivity contribution in [2.24, 2.45) is 0 Å². The van der Waals surface area contributed by atoms with Gasteiger partial charge in [0.2, 0.25) is 0 Å². The molecule has 0 heterocycles. The molecule has 0 atom stereocenters. The summed E-state index contributed by atoms with van der Waals surface area (Å²) in [6.07, 6.45) is 10.4. The molecule has 84 valence electrons. The topological polar surface area (TPSA) is 0 Å². The third-order valence-corrected chi connectivity index (χ3v) is 2.61. The minimum Gasteiger partial charge on any atom is -0.103 e. The summed E-state index contributed by atoms with van der Waals surface area (Å²) >= 11 is 0. The molecule has 0 aliphatic rings. The van der Waals surface area contributed by atoms with Crippen molar-refractivity contribution < 1.29 is 0 Å². The van der Waals surface area contributed by atoms with Crippen molar-refractivity contribution >= 4 is 5.57 Å². The number of allylic oxidation sites excluding steroid dienone is 5. The molecule has 0 bridgehead atoms. The number of rotatable bonds is 5. The molecule has 1 rings (SSSR count). The average molecular weight is 212 g/mol. The highest BCUT2D eigenvalue weighted by molar-refractivity contribution is 5.73. The third kappa shape index (κ3) is 3.54. The third-order valence-electron chi connectivity index (χ3n) is 2.61. The van der Waals surface area contributed by atoms with Crippen LogP contribution in [0.3, 0.4) is 0 Å². The molecular formula is C16H20. The lowest BCUT2D eigenvalue weighted by atomic mass is 10.0. The monoisotopic (exact) mass is 212 g/mol. The van der Waals surface area contributed by atoms with Crippen LogP contribution in [0, 0.1) is 0 Å². The van der Waals surface area contributed by atoms with Gasteiger partial charge in [0.05, 0.1) is 0 Å². The largest absolute Gasteiger partial charge is 0.103 e. The van der Waals surface area contributed by atoms with E-state index in [1.807, 2.05) is 6.08 Å². The number of hydrogen-bond acceptors (Lipinski definition) is 0. The van der Waals surface area contributed by atoms with Crippen molar-refractivity contribution in [3.8, 4) is 0 Å². The maximum absolute atomic E-state index is 3.71. The van der Waals surface area contributed by atoms with Crippen LogP contribution in [-0.4, -0.2) is 0 Å². The summed E-state index contributed by atoms with van der Waals surface area (Å²) in [5.74, 6) is 0. The van der Waals surface area contributed by atoms with E-state index in [2.05, 4.69) is 62.9 Å². The Morgan fingerprint density at radius 2 is 1.94 bits per heavy atom. The van der Waals surface area contributed by atoms with Crippen LogP contribution in [-0.2, 0) is 6.42 Å². The molecule has 1 aromatic carbocycles. The predicted octanol–water partition coefficient (Wildman–Crippen LogP) is 4.78. The zero-order valence-electron chi connectivity index (χ0n) is 10.2. The maximum Gasteiger partial charge on any atom is -0.0169 e. The Hall–Kier alpha value is -1.56. The first-order valence-electron chi connectivity index (χ1n) is 5.84. The summed E-state index contributed by atoms with van der Waals surface area (Å²) < 4.78 is 0. The molecule has 0 N–H and O–H groups in total. The predicted molar refractivity (Wildman–Crippen MR) is 73.4 cm³/mol. The Labute approximate surface area is 99.0 Å². The van der Waals surface area contributed by atoms with Gasteiger partial charge >= 0.3 is 0 Å². The van der Waals surface area contributed by atoms with Crippen molar-refractivity contribution in [3.05, 3.63) is 66.3 Å². The molecule has 0 radical (unpaired) electrons. The fourth-order valence-corrected chi connectivity index (χ4v) is 1.58. The zero-order valence-corrected chi connectivity index (χ0v) is 10.2. The summed E-state index contributed by atoms with van der Waals surface area (Å²) in [7, 11) is 0. The van der Waals surface area contributed by atoms with Gasteiger partial charge in [0.25, 0.3) is 0 Å². The SMILES string of the molecule is C=CC/C=C\C(=C/C)c1ccc(CC)cc1. The van der Waals surface area contributed by atoms with E-state index in [-0.39, 0.29) is 0 Å². The summed E-state index contributed by atoms with van der Waals surface area (Å²) in [5.41, 5.74) is 3.93. The molecule has 0 unspecified atom stereocenters. The van der Waals surface area contributed by atoms with E-state index in [1.54, 1.807) is 0 Å². The second kappa shape index (κ2) is 6.84. The van der Waals surface area contributed by atoms with Gasteiger partial charge < -0.3 is 0 Å². The van der Waals surface area contributed by atoms with Crippen molar-refractivity contribution in [2.45, 2.75) is 26.7 Å². The summed E-state index contributed by atoms with van der Waals surface area (Å²) in [6, 6.07) is 8.76. The molecule has 0 saturated heterocycles. The van der Waals surface area contributed by atoms with Crippen LogP contribution in [0.4, 0.5) is 0 Å². The lowest BCUT2D eigenvalue weighted by molar-refractivity contribution is 1.14. The quantitative estimate of drug-likeness (QED) is 0.486. The van der Waals surface area contributed by atoms with Crippen molar-refractivity contribution in [2.75, 3.05) is 0 Å². The van der Waals surface area contributed by atoms with Gasteiger partial charge in [0.15, 0.2) is 0 Å². The normalized spacial score (nSPS) is 12.0. The van der Waals surface area contributed by atoms with Gasteiger partial charge in [-0.2, -0.15) is 0 Å². The Morgan fingerprint density at radius 3 is 2.44 bits per heavy atom. The van der Waals surface area contributed by atoms with Crippen molar-refractivity contribution in [3.63, 3.8) is 0 Å². The second-order valence-corrected chi connectivity index (χ2v) is 3.72. The van der Waals surface area contributed by atoms with Gasteiger partial charge in [0.1, 0.15) is 0 Å². The molecule has 0 aliphatic carbocycles. The van der Waals surface area contributed by atoms with Crippen LogP contribution >= 0.6 is 0 Å². The lowest BCUT2D eigenvalue weighted by Crippen LogP contribution is -1.83. The number of benzene rings is 1. The van der Waals surface area contributed by atoms with E-state index in [9.17, 15) is 0 Å². The zero-order chi connectivity index (χ0) is 11.8. The highest BCUT2D eigenvalue weighted by atomic mass is 14.0. The van der Waals surface area contributed by atoms with E-state index >= 15 is 0 Å². The summed E-state index contributed by atoms with van der Waals surface area (Å²) in [5, 5.41) is 0. The molecule has 0 amide bonds. The molecule has 0 nitrogen and oxygen atoms in total. The minimum atomic E-state index is 0.921. The van der Waals surface area contributed by atoms with Gasteiger partial charge in [-0.05, 0) is 36.5 Å². The summed E-state index contributed by atoms with van der Waals surface area (Å²) in [6.45, 7) is 7.95. The van der Waals surface area contributed by atoms with Crippen LogP contribution in [0.5, 0.6) is 0 Å². The first-order valence-corrected chi connectivity index (χ1v) is 5.84. The molecule has 0 spiro atoms. The van der Waals surface area contributed by atoms with E-state index in [1.165, 1.54) is 16.7 Å². The molecular weight excluding hydrogens is 192 g/mol. The van der Waals surface area contributed by atoms with Crippen LogP contribution < -0.4 is 0 Å². The molecule has 0 heteroatoms. The minimum absolute atomic E-state index is 0.921. The fraction of sp³-hybridized carbons (Fsp3) is 0.250. The second-order valence-electron chi connectivity index (χ2n) is 3.72. The number of aryl methyl sites for hydroxylation is 1. The summed E-state index contributed by atoms with van der Waals surface area (Å²) in [4.78, 5) is 0. The Bertz CT molecular complexity index is 377. The fourth-order valence-electron chi connectivity index (χ4n) is 1.58. The number of hydrogen-bond donors (Lipinski definition) is 0. The first kappa shape index (κ1) is 12.5. The van der Waals surface area contributed by atoms with Gasteiger partial charge in [0, 0.05) is 0 Å². The van der Waals surface area contributed by atoms with E-state index in [0.717, 1.165) is 12.8 Å². The first-order chi connectivity index (χ1) is 7.81. The molecule has 0 fully saturated rings. The van der Waals surface area contributed by atoms with Crippen LogP contribution in [0.2, 0.25) is 0 Å². The van der Waals surface area contributed by atoms with Gasteiger partial charge in [-0.15, -0.1) is 6.58 Å². The van der Waals surface area contributed by atoms with Crippen molar-refractivity contribution in [1.82, 2.24) is 0 Å². The maximum atomic E-state index is 3.71. The molecule has 1 aromatic rings. The average Bonchev–Trinajstić information content (AvgIpc) is 2.35. The van der Waals surface area contributed by atoms with E-state index in [0.29, 0.717) is 0 Å². The van der Waals surface area contributed by atoms with Gasteiger partial charge in [-0.1, -0.05) is 55.5 Å².